The second kappa shape index (κ2) is 8.28. The van der Waals surface area contributed by atoms with Crippen LogP contribution in [0.1, 0.15) is 21.7 Å². The summed E-state index contributed by atoms with van der Waals surface area (Å²) in [6.45, 7) is 0.890. The fraction of sp³-hybridized carbons (Fsp3) is 0.316. The molecule has 0 aliphatic carbocycles. The molecule has 0 fully saturated rings. The number of ether oxygens (including phenoxy) is 1. The Labute approximate surface area is 168 Å². The Hall–Kier alpha value is -3.18. The molecule has 0 aliphatic heterocycles. The fourth-order valence-electron chi connectivity index (χ4n) is 3.12. The SMILES string of the molecule is COC[C@H](CO)NC(=O)c1c(C)nc2c(-c3ccccc3)c(C(F)(F)F)[nH]n2c1=O. The van der Waals surface area contributed by atoms with Gasteiger partial charge in [0.1, 0.15) is 11.3 Å². The Morgan fingerprint density at radius 3 is 2.57 bits per heavy atom. The number of alkyl halides is 3. The maximum Gasteiger partial charge on any atom is 0.433 e. The first-order valence-corrected chi connectivity index (χ1v) is 8.87. The summed E-state index contributed by atoms with van der Waals surface area (Å²) in [5.41, 5.74) is -2.94. The molecule has 1 aromatic carbocycles. The van der Waals surface area contributed by atoms with Crippen molar-refractivity contribution in [1.29, 1.82) is 0 Å². The van der Waals surface area contributed by atoms with Crippen LogP contribution in [0.15, 0.2) is 35.1 Å². The van der Waals surface area contributed by atoms with Crippen molar-refractivity contribution in [2.24, 2.45) is 0 Å². The van der Waals surface area contributed by atoms with E-state index in [1.807, 2.05) is 5.10 Å². The second-order valence-electron chi connectivity index (χ2n) is 6.57. The highest BCUT2D eigenvalue weighted by Crippen LogP contribution is 2.38. The maximum atomic E-state index is 13.7. The number of hydrogen-bond acceptors (Lipinski definition) is 5. The van der Waals surface area contributed by atoms with E-state index in [9.17, 15) is 27.9 Å². The number of aromatic nitrogens is 3. The van der Waals surface area contributed by atoms with Crippen molar-refractivity contribution in [2.75, 3.05) is 20.3 Å². The number of benzene rings is 1. The molecule has 1 amide bonds. The topological polar surface area (TPSA) is 109 Å². The average Bonchev–Trinajstić information content (AvgIpc) is 3.08. The van der Waals surface area contributed by atoms with E-state index in [1.165, 1.54) is 26.2 Å². The number of rotatable bonds is 6. The number of fused-ring (bicyclic) bond motifs is 1. The van der Waals surface area contributed by atoms with Gasteiger partial charge >= 0.3 is 6.18 Å². The number of hydrogen-bond donors (Lipinski definition) is 3. The standard InChI is InChI=1S/C19H19F3N4O4/c1-10-13(17(28)24-12(8-27)9-30-2)18(29)26-16(23-10)14(11-6-4-3-5-7-11)15(25-26)19(20,21)22/h3-7,12,25,27H,8-9H2,1-2H3,(H,24,28)/t12-/m0/s1. The van der Waals surface area contributed by atoms with Gasteiger partial charge in [-0.2, -0.15) is 17.7 Å². The number of H-pyrrole nitrogens is 1. The minimum atomic E-state index is -4.79. The molecule has 1 atom stereocenters. The average molecular weight is 424 g/mol. The highest BCUT2D eigenvalue weighted by molar-refractivity contribution is 5.95. The van der Waals surface area contributed by atoms with E-state index in [4.69, 9.17) is 4.74 Å². The van der Waals surface area contributed by atoms with Gasteiger partial charge in [0.15, 0.2) is 5.65 Å². The molecular weight excluding hydrogens is 405 g/mol. The van der Waals surface area contributed by atoms with Crippen LogP contribution >= 0.6 is 0 Å². The van der Waals surface area contributed by atoms with Gasteiger partial charge in [0, 0.05) is 7.11 Å². The van der Waals surface area contributed by atoms with E-state index in [1.54, 1.807) is 18.2 Å². The first kappa shape index (κ1) is 21.5. The number of aliphatic hydroxyl groups excluding tert-OH is 1. The molecule has 30 heavy (non-hydrogen) atoms. The third-order valence-electron chi connectivity index (χ3n) is 4.46. The smallest absolute Gasteiger partial charge is 0.394 e. The predicted octanol–water partition coefficient (Wildman–Crippen LogP) is 1.75. The lowest BCUT2D eigenvalue weighted by molar-refractivity contribution is -0.140. The summed E-state index contributed by atoms with van der Waals surface area (Å²) < 4.78 is 46.5. The van der Waals surface area contributed by atoms with E-state index in [0.29, 0.717) is 4.52 Å². The Morgan fingerprint density at radius 1 is 1.33 bits per heavy atom. The van der Waals surface area contributed by atoms with E-state index < -0.39 is 41.5 Å². The summed E-state index contributed by atoms with van der Waals surface area (Å²) in [5, 5.41) is 13.8. The van der Waals surface area contributed by atoms with E-state index in [0.717, 1.165) is 0 Å². The highest BCUT2D eigenvalue weighted by Gasteiger charge is 2.38. The zero-order valence-electron chi connectivity index (χ0n) is 16.1. The van der Waals surface area contributed by atoms with E-state index >= 15 is 0 Å². The summed E-state index contributed by atoms with van der Waals surface area (Å²) in [6.07, 6.45) is -4.79. The number of amides is 1. The molecule has 0 spiro atoms. The van der Waals surface area contributed by atoms with E-state index in [-0.39, 0.29) is 29.1 Å². The zero-order chi connectivity index (χ0) is 22.1. The minimum Gasteiger partial charge on any atom is -0.394 e. The normalized spacial score (nSPS) is 12.9. The Balaban J connectivity index is 2.22. The predicted molar refractivity (Wildman–Crippen MR) is 101 cm³/mol. The van der Waals surface area contributed by atoms with Gasteiger partial charge in [-0.1, -0.05) is 30.3 Å². The molecule has 3 N–H and O–H groups in total. The number of carbonyl (C=O) groups is 1. The first-order chi connectivity index (χ1) is 14.2. The van der Waals surface area contributed by atoms with Crippen LogP contribution in [0.25, 0.3) is 16.8 Å². The number of aryl methyl sites for hydroxylation is 1. The van der Waals surface area contributed by atoms with Gasteiger partial charge in [0.2, 0.25) is 0 Å². The van der Waals surface area contributed by atoms with Crippen molar-refractivity contribution in [2.45, 2.75) is 19.1 Å². The number of aromatic amines is 1. The van der Waals surface area contributed by atoms with Crippen LogP contribution < -0.4 is 10.9 Å². The van der Waals surface area contributed by atoms with Crippen LogP contribution in [0, 0.1) is 6.92 Å². The highest BCUT2D eigenvalue weighted by atomic mass is 19.4. The van der Waals surface area contributed by atoms with Gasteiger partial charge in [-0.3, -0.25) is 14.7 Å². The molecule has 0 aliphatic rings. The number of halogens is 3. The van der Waals surface area contributed by atoms with Crippen LogP contribution in [0.4, 0.5) is 13.2 Å². The lowest BCUT2D eigenvalue weighted by Crippen LogP contribution is -2.43. The summed E-state index contributed by atoms with van der Waals surface area (Å²) in [7, 11) is 1.37. The van der Waals surface area contributed by atoms with Crippen molar-refractivity contribution in [3.63, 3.8) is 0 Å². The number of nitrogens with one attached hydrogen (secondary N) is 2. The van der Waals surface area contributed by atoms with Crippen molar-refractivity contribution < 1.29 is 27.8 Å². The zero-order valence-corrected chi connectivity index (χ0v) is 16.1. The number of methoxy groups -OCH3 is 1. The molecule has 11 heteroatoms. The van der Waals surface area contributed by atoms with Crippen LogP contribution in [-0.4, -0.2) is 52.0 Å². The van der Waals surface area contributed by atoms with Gasteiger partial charge in [-0.25, -0.2) is 4.98 Å². The number of nitrogens with zero attached hydrogens (tertiary/aromatic N) is 2. The Kier molecular flexibility index (Phi) is 5.94. The molecule has 2 heterocycles. The number of carbonyl (C=O) groups excluding carboxylic acids is 1. The van der Waals surface area contributed by atoms with Crippen molar-refractivity contribution in [3.05, 3.63) is 57.6 Å². The molecule has 3 aromatic rings. The summed E-state index contributed by atoms with van der Waals surface area (Å²) in [6, 6.07) is 6.93. The molecular formula is C19H19F3N4O4. The van der Waals surface area contributed by atoms with Crippen LogP contribution in [-0.2, 0) is 10.9 Å². The number of aliphatic hydroxyl groups is 1. The largest absolute Gasteiger partial charge is 0.433 e. The second-order valence-corrected chi connectivity index (χ2v) is 6.57. The Bertz CT molecular complexity index is 1120. The molecule has 0 saturated carbocycles. The quantitative estimate of drug-likeness (QED) is 0.559. The molecule has 0 unspecified atom stereocenters. The van der Waals surface area contributed by atoms with E-state index in [2.05, 4.69) is 10.3 Å². The Morgan fingerprint density at radius 2 is 2.00 bits per heavy atom. The van der Waals surface area contributed by atoms with Crippen LogP contribution in [0.2, 0.25) is 0 Å². The molecule has 2 aromatic heterocycles. The van der Waals surface area contributed by atoms with Crippen molar-refractivity contribution in [1.82, 2.24) is 19.9 Å². The van der Waals surface area contributed by atoms with Crippen LogP contribution in [0.5, 0.6) is 0 Å². The molecule has 3 rings (SSSR count). The molecule has 0 saturated heterocycles. The van der Waals surface area contributed by atoms with Gasteiger partial charge in [-0.05, 0) is 12.5 Å². The summed E-state index contributed by atoms with van der Waals surface area (Å²) in [5.74, 6) is -0.875. The third-order valence-corrected chi connectivity index (χ3v) is 4.46. The van der Waals surface area contributed by atoms with Crippen LogP contribution in [0.3, 0.4) is 0 Å². The summed E-state index contributed by atoms with van der Waals surface area (Å²) in [4.78, 5) is 29.6. The van der Waals surface area contributed by atoms with Gasteiger partial charge in [0.25, 0.3) is 11.5 Å². The third kappa shape index (κ3) is 3.94. The molecule has 160 valence electrons. The lowest BCUT2D eigenvalue weighted by Gasteiger charge is -2.15. The van der Waals surface area contributed by atoms with Crippen molar-refractivity contribution >= 4 is 11.6 Å². The monoisotopic (exact) mass is 424 g/mol. The van der Waals surface area contributed by atoms with Gasteiger partial charge in [0.05, 0.1) is 30.5 Å². The lowest BCUT2D eigenvalue weighted by atomic mass is 10.1. The van der Waals surface area contributed by atoms with Gasteiger partial charge in [-0.15, -0.1) is 0 Å². The molecule has 0 bridgehead atoms. The minimum absolute atomic E-state index is 0.0167. The fourth-order valence-corrected chi connectivity index (χ4v) is 3.12. The van der Waals surface area contributed by atoms with Gasteiger partial charge < -0.3 is 15.2 Å². The maximum absolute atomic E-state index is 13.7. The molecule has 8 nitrogen and oxygen atoms in total. The van der Waals surface area contributed by atoms with Crippen molar-refractivity contribution in [3.8, 4) is 11.1 Å². The first-order valence-electron chi connectivity index (χ1n) is 8.87. The summed E-state index contributed by atoms with van der Waals surface area (Å²) >= 11 is 0. The molecule has 0 radical (unpaired) electrons.